The number of rotatable bonds is 7. The van der Waals surface area contributed by atoms with Crippen LogP contribution in [0.25, 0.3) is 0 Å². The third-order valence-corrected chi connectivity index (χ3v) is 3.85. The second-order valence-electron chi connectivity index (χ2n) is 5.07. The summed E-state index contributed by atoms with van der Waals surface area (Å²) in [5.74, 6) is 0.725. The average molecular weight is 284 g/mol. The molecule has 1 aromatic rings. The Hall–Kier alpha value is -1.03. The molecule has 1 aliphatic rings. The Kier molecular flexibility index (Phi) is 5.70. The second-order valence-corrected chi connectivity index (χ2v) is 5.45. The van der Waals surface area contributed by atoms with Crippen LogP contribution in [0.1, 0.15) is 38.5 Å². The Bertz CT molecular complexity index is 441. The maximum Gasteiger partial charge on any atom is 0.268 e. The molecule has 2 rings (SSSR count). The highest BCUT2D eigenvalue weighted by Crippen LogP contribution is 2.16. The molecule has 0 atom stereocenters. The predicted octanol–water partition coefficient (Wildman–Crippen LogP) is 2.64. The van der Waals surface area contributed by atoms with Gasteiger partial charge in [-0.3, -0.25) is 4.79 Å². The van der Waals surface area contributed by atoms with E-state index in [4.69, 9.17) is 11.6 Å². The summed E-state index contributed by atoms with van der Waals surface area (Å²) in [7, 11) is 0. The van der Waals surface area contributed by atoms with Crippen molar-refractivity contribution in [3.8, 4) is 0 Å². The van der Waals surface area contributed by atoms with Crippen molar-refractivity contribution >= 4 is 17.3 Å². The summed E-state index contributed by atoms with van der Waals surface area (Å²) in [5, 5.41) is 4.28. The van der Waals surface area contributed by atoms with Gasteiger partial charge >= 0.3 is 0 Å². The van der Waals surface area contributed by atoms with Crippen LogP contribution in [0, 0.1) is 0 Å². The fraction of sp³-hybridized carbons (Fsp3) is 0.714. The molecule has 4 nitrogen and oxygen atoms in total. The van der Waals surface area contributed by atoms with E-state index in [1.165, 1.54) is 12.8 Å². The maximum atomic E-state index is 12.0. The zero-order valence-corrected chi connectivity index (χ0v) is 12.1. The highest BCUT2D eigenvalue weighted by molar-refractivity contribution is 6.17. The lowest BCUT2D eigenvalue weighted by Crippen LogP contribution is -2.26. The molecular weight excluding hydrogens is 262 g/mol. The molecule has 1 fully saturated rings. The van der Waals surface area contributed by atoms with E-state index in [9.17, 15) is 4.79 Å². The minimum Gasteiger partial charge on any atom is -0.370 e. The summed E-state index contributed by atoms with van der Waals surface area (Å²) in [4.78, 5) is 14.2. The van der Waals surface area contributed by atoms with Gasteiger partial charge in [0.25, 0.3) is 5.56 Å². The number of anilines is 1. The van der Waals surface area contributed by atoms with E-state index in [1.54, 1.807) is 10.7 Å². The van der Waals surface area contributed by atoms with Gasteiger partial charge in [-0.2, -0.15) is 5.10 Å². The van der Waals surface area contributed by atoms with Crippen LogP contribution in [-0.2, 0) is 6.54 Å². The van der Waals surface area contributed by atoms with Gasteiger partial charge in [-0.1, -0.05) is 12.8 Å². The molecule has 0 spiro atoms. The minimum atomic E-state index is 0.0155. The van der Waals surface area contributed by atoms with Gasteiger partial charge < -0.3 is 4.90 Å². The molecule has 0 unspecified atom stereocenters. The quantitative estimate of drug-likeness (QED) is 0.570. The van der Waals surface area contributed by atoms with Gasteiger partial charge in [-0.25, -0.2) is 4.68 Å². The molecule has 0 bridgehead atoms. The molecule has 106 valence electrons. The van der Waals surface area contributed by atoms with Crippen molar-refractivity contribution in [2.45, 2.75) is 45.1 Å². The maximum absolute atomic E-state index is 12.0. The number of halogens is 1. The zero-order valence-electron chi connectivity index (χ0n) is 11.4. The Morgan fingerprint density at radius 2 is 1.89 bits per heavy atom. The first-order valence-electron chi connectivity index (χ1n) is 7.19. The molecule has 2 heterocycles. The van der Waals surface area contributed by atoms with Gasteiger partial charge in [-0.05, 0) is 25.7 Å². The number of hydrogen-bond donors (Lipinski definition) is 0. The van der Waals surface area contributed by atoms with Crippen molar-refractivity contribution in [3.63, 3.8) is 0 Å². The normalized spacial score (nSPS) is 15.1. The molecule has 0 saturated carbocycles. The molecule has 5 heteroatoms. The van der Waals surface area contributed by atoms with Crippen molar-refractivity contribution in [2.24, 2.45) is 0 Å². The third-order valence-electron chi connectivity index (χ3n) is 3.58. The van der Waals surface area contributed by atoms with Gasteiger partial charge in [0.2, 0.25) is 0 Å². The molecule has 0 N–H and O–H groups in total. The van der Waals surface area contributed by atoms with Crippen molar-refractivity contribution in [2.75, 3.05) is 23.9 Å². The zero-order chi connectivity index (χ0) is 13.5. The van der Waals surface area contributed by atoms with Crippen molar-refractivity contribution in [1.82, 2.24) is 9.78 Å². The lowest BCUT2D eigenvalue weighted by Gasteiger charge is -2.17. The summed E-state index contributed by atoms with van der Waals surface area (Å²) >= 11 is 5.63. The van der Waals surface area contributed by atoms with Crippen LogP contribution in [0.3, 0.4) is 0 Å². The van der Waals surface area contributed by atoms with Crippen molar-refractivity contribution in [1.29, 1.82) is 0 Å². The van der Waals surface area contributed by atoms with Gasteiger partial charge in [0.1, 0.15) is 0 Å². The minimum absolute atomic E-state index is 0.0155. The summed E-state index contributed by atoms with van der Waals surface area (Å²) in [5.41, 5.74) is 0.989. The van der Waals surface area contributed by atoms with E-state index >= 15 is 0 Å². The number of aromatic nitrogens is 2. The smallest absolute Gasteiger partial charge is 0.268 e. The Labute approximate surface area is 119 Å². The lowest BCUT2D eigenvalue weighted by molar-refractivity contribution is 0.519. The first kappa shape index (κ1) is 14.4. The number of alkyl halides is 1. The number of aryl methyl sites for hydroxylation is 1. The molecule has 1 saturated heterocycles. The van der Waals surface area contributed by atoms with Crippen molar-refractivity contribution < 1.29 is 0 Å². The Morgan fingerprint density at radius 1 is 1.16 bits per heavy atom. The fourth-order valence-corrected chi connectivity index (χ4v) is 2.64. The van der Waals surface area contributed by atoms with E-state index in [1.807, 2.05) is 6.20 Å². The molecule has 1 aromatic heterocycles. The van der Waals surface area contributed by atoms with Crippen molar-refractivity contribution in [3.05, 3.63) is 22.6 Å². The highest BCUT2D eigenvalue weighted by atomic mass is 35.5. The van der Waals surface area contributed by atoms with E-state index in [-0.39, 0.29) is 5.56 Å². The van der Waals surface area contributed by atoms with Crippen LogP contribution in [0.5, 0.6) is 0 Å². The van der Waals surface area contributed by atoms with Crippen LogP contribution in [-0.4, -0.2) is 28.8 Å². The molecule has 0 aromatic carbocycles. The molecule has 0 amide bonds. The summed E-state index contributed by atoms with van der Waals surface area (Å²) < 4.78 is 1.57. The average Bonchev–Trinajstić information content (AvgIpc) is 2.94. The molecule has 19 heavy (non-hydrogen) atoms. The molecule has 0 aliphatic carbocycles. The van der Waals surface area contributed by atoms with Crippen LogP contribution < -0.4 is 10.5 Å². The van der Waals surface area contributed by atoms with E-state index in [0.717, 1.165) is 50.3 Å². The predicted molar refractivity (Wildman–Crippen MR) is 79.1 cm³/mol. The number of hydrogen-bond acceptors (Lipinski definition) is 3. The lowest BCUT2D eigenvalue weighted by atomic mass is 10.2. The van der Waals surface area contributed by atoms with E-state index in [2.05, 4.69) is 10.00 Å². The summed E-state index contributed by atoms with van der Waals surface area (Å²) in [6.45, 7) is 2.80. The first-order valence-corrected chi connectivity index (χ1v) is 7.73. The van der Waals surface area contributed by atoms with Gasteiger partial charge in [0, 0.05) is 31.6 Å². The van der Waals surface area contributed by atoms with Crippen LogP contribution in [0.4, 0.5) is 5.69 Å². The topological polar surface area (TPSA) is 38.1 Å². The number of nitrogens with zero attached hydrogens (tertiary/aromatic N) is 3. The fourth-order valence-electron chi connectivity index (χ4n) is 2.45. The summed E-state index contributed by atoms with van der Waals surface area (Å²) in [6.07, 6.45) is 8.53. The Balaban J connectivity index is 1.86. The van der Waals surface area contributed by atoms with Crippen LogP contribution in [0.15, 0.2) is 17.1 Å². The Morgan fingerprint density at radius 3 is 2.58 bits per heavy atom. The van der Waals surface area contributed by atoms with Gasteiger partial charge in [-0.15, -0.1) is 11.6 Å². The van der Waals surface area contributed by atoms with E-state index in [0.29, 0.717) is 6.54 Å². The third kappa shape index (κ3) is 4.23. The van der Waals surface area contributed by atoms with Crippen LogP contribution >= 0.6 is 11.6 Å². The highest BCUT2D eigenvalue weighted by Gasteiger charge is 2.13. The van der Waals surface area contributed by atoms with Gasteiger partial charge in [0.15, 0.2) is 0 Å². The largest absolute Gasteiger partial charge is 0.370 e. The molecular formula is C14H22ClN3O. The van der Waals surface area contributed by atoms with Crippen LogP contribution in [0.2, 0.25) is 0 Å². The van der Waals surface area contributed by atoms with Gasteiger partial charge in [0.05, 0.1) is 11.9 Å². The first-order chi connectivity index (χ1) is 9.31. The molecule has 1 aliphatic heterocycles. The standard InChI is InChI=1S/C14H22ClN3O/c15-7-3-1-2-4-10-18-14(19)11-13(12-16-18)17-8-5-6-9-17/h11-12H,1-10H2. The molecule has 0 radical (unpaired) electrons. The second kappa shape index (κ2) is 7.53. The summed E-state index contributed by atoms with van der Waals surface area (Å²) in [6, 6.07) is 1.72. The van der Waals surface area contributed by atoms with E-state index < -0.39 is 0 Å². The number of unbranched alkanes of at least 4 members (excludes halogenated alkanes) is 3. The SMILES string of the molecule is O=c1cc(N2CCCC2)cnn1CCCCCCCl. The monoisotopic (exact) mass is 283 g/mol.